The Labute approximate surface area is 106 Å². The van der Waals surface area contributed by atoms with Crippen molar-refractivity contribution in [1.29, 1.82) is 5.26 Å². The fourth-order valence-corrected chi connectivity index (χ4v) is 2.64. The first kappa shape index (κ1) is 12.4. The minimum Gasteiger partial charge on any atom is -0.478 e. The van der Waals surface area contributed by atoms with Crippen LogP contribution >= 0.6 is 0 Å². The van der Waals surface area contributed by atoms with Gasteiger partial charge in [0.15, 0.2) is 0 Å². The van der Waals surface area contributed by atoms with Gasteiger partial charge >= 0.3 is 5.97 Å². The van der Waals surface area contributed by atoms with E-state index < -0.39 is 5.97 Å². The van der Waals surface area contributed by atoms with Crippen molar-refractivity contribution in [3.05, 3.63) is 29.3 Å². The van der Waals surface area contributed by atoms with Crippen LogP contribution in [-0.2, 0) is 0 Å². The zero-order valence-corrected chi connectivity index (χ0v) is 10.6. The van der Waals surface area contributed by atoms with Crippen LogP contribution in [0, 0.1) is 17.2 Å². The lowest BCUT2D eigenvalue weighted by Gasteiger charge is -2.25. The average molecular weight is 244 g/mol. The molecule has 1 aromatic rings. The first-order valence-electron chi connectivity index (χ1n) is 6.07. The Hall–Kier alpha value is -2.02. The molecule has 2 atom stereocenters. The second kappa shape index (κ2) is 4.69. The van der Waals surface area contributed by atoms with Gasteiger partial charge in [-0.1, -0.05) is 6.92 Å². The smallest absolute Gasteiger partial charge is 0.335 e. The Morgan fingerprint density at radius 3 is 2.72 bits per heavy atom. The highest BCUT2D eigenvalue weighted by atomic mass is 16.4. The normalized spacial score (nSPS) is 22.8. The summed E-state index contributed by atoms with van der Waals surface area (Å²) in [7, 11) is 0. The molecule has 18 heavy (non-hydrogen) atoms. The van der Waals surface area contributed by atoms with Gasteiger partial charge in [0.25, 0.3) is 0 Å². The van der Waals surface area contributed by atoms with Gasteiger partial charge in [-0.05, 0) is 37.5 Å². The maximum atomic E-state index is 10.9. The number of nitrogens with zero attached hydrogens (tertiary/aromatic N) is 2. The molecule has 1 aliphatic rings. The van der Waals surface area contributed by atoms with E-state index >= 15 is 0 Å². The van der Waals surface area contributed by atoms with Gasteiger partial charge in [0.2, 0.25) is 0 Å². The van der Waals surface area contributed by atoms with Gasteiger partial charge in [-0.15, -0.1) is 0 Å². The van der Waals surface area contributed by atoms with Gasteiger partial charge < -0.3 is 10.0 Å². The molecule has 0 radical (unpaired) electrons. The summed E-state index contributed by atoms with van der Waals surface area (Å²) in [6.45, 7) is 5.24. The van der Waals surface area contributed by atoms with Gasteiger partial charge in [0.1, 0.15) is 6.07 Å². The van der Waals surface area contributed by atoms with Crippen LogP contribution in [0.25, 0.3) is 0 Å². The monoisotopic (exact) mass is 244 g/mol. The standard InChI is InChI=1S/C14H16N2O2/c1-9-5-10(2)16(8-9)13-4-3-11(14(17)18)6-12(13)7-15/h3-4,6,9-10H,5,8H2,1-2H3,(H,17,18). The summed E-state index contributed by atoms with van der Waals surface area (Å²) in [6.07, 6.45) is 1.10. The number of carboxylic acids is 1. The van der Waals surface area contributed by atoms with Crippen LogP contribution < -0.4 is 4.90 Å². The van der Waals surface area contributed by atoms with Gasteiger partial charge in [-0.3, -0.25) is 0 Å². The molecule has 0 saturated carbocycles. The minimum atomic E-state index is -0.999. The molecular formula is C14H16N2O2. The quantitative estimate of drug-likeness (QED) is 0.868. The van der Waals surface area contributed by atoms with Gasteiger partial charge in [0.05, 0.1) is 16.8 Å². The average Bonchev–Trinajstić information content (AvgIpc) is 2.67. The molecule has 0 aromatic heterocycles. The molecule has 1 heterocycles. The second-order valence-electron chi connectivity index (χ2n) is 4.99. The fourth-order valence-electron chi connectivity index (χ4n) is 2.64. The van der Waals surface area contributed by atoms with Crippen molar-refractivity contribution in [2.24, 2.45) is 5.92 Å². The molecule has 94 valence electrons. The van der Waals surface area contributed by atoms with Crippen LogP contribution in [0.1, 0.15) is 36.2 Å². The van der Waals surface area contributed by atoms with Crippen LogP contribution in [0.4, 0.5) is 5.69 Å². The zero-order valence-electron chi connectivity index (χ0n) is 10.6. The van der Waals surface area contributed by atoms with Crippen molar-refractivity contribution < 1.29 is 9.90 Å². The van der Waals surface area contributed by atoms with E-state index in [1.165, 1.54) is 6.07 Å². The molecule has 0 spiro atoms. The highest BCUT2D eigenvalue weighted by molar-refractivity contribution is 5.89. The van der Waals surface area contributed by atoms with Crippen molar-refractivity contribution in [2.75, 3.05) is 11.4 Å². The maximum absolute atomic E-state index is 10.9. The molecule has 4 nitrogen and oxygen atoms in total. The first-order valence-corrected chi connectivity index (χ1v) is 6.07. The molecule has 1 N–H and O–H groups in total. The summed E-state index contributed by atoms with van der Waals surface area (Å²) < 4.78 is 0. The van der Waals surface area contributed by atoms with Crippen molar-refractivity contribution in [2.45, 2.75) is 26.3 Å². The van der Waals surface area contributed by atoms with Crippen molar-refractivity contribution in [1.82, 2.24) is 0 Å². The maximum Gasteiger partial charge on any atom is 0.335 e. The number of rotatable bonds is 2. The van der Waals surface area contributed by atoms with E-state index in [9.17, 15) is 4.79 Å². The molecule has 2 unspecified atom stereocenters. The van der Waals surface area contributed by atoms with Gasteiger partial charge in [0, 0.05) is 12.6 Å². The number of aromatic carboxylic acids is 1. The third-order valence-electron chi connectivity index (χ3n) is 3.46. The van der Waals surface area contributed by atoms with Crippen LogP contribution in [-0.4, -0.2) is 23.7 Å². The van der Waals surface area contributed by atoms with Gasteiger partial charge in [-0.25, -0.2) is 4.79 Å². The Kier molecular flexibility index (Phi) is 3.24. The van der Waals surface area contributed by atoms with Crippen LogP contribution in [0.15, 0.2) is 18.2 Å². The second-order valence-corrected chi connectivity index (χ2v) is 4.99. The Bertz CT molecular complexity index is 519. The predicted octanol–water partition coefficient (Wildman–Crippen LogP) is 2.49. The topological polar surface area (TPSA) is 64.3 Å². The molecule has 1 aromatic carbocycles. The molecule has 0 amide bonds. The lowest BCUT2D eigenvalue weighted by atomic mass is 10.1. The lowest BCUT2D eigenvalue weighted by Crippen LogP contribution is -2.27. The number of hydrogen-bond donors (Lipinski definition) is 1. The Balaban J connectivity index is 2.40. The summed E-state index contributed by atoms with van der Waals surface area (Å²) in [5, 5.41) is 18.1. The van der Waals surface area contributed by atoms with E-state index in [1.54, 1.807) is 12.1 Å². The number of carboxylic acid groups (broad SMARTS) is 1. The molecule has 4 heteroatoms. The fraction of sp³-hybridized carbons (Fsp3) is 0.429. The summed E-state index contributed by atoms with van der Waals surface area (Å²) in [4.78, 5) is 13.1. The Morgan fingerprint density at radius 1 is 1.50 bits per heavy atom. The number of carbonyl (C=O) groups is 1. The molecule has 1 aliphatic heterocycles. The van der Waals surface area contributed by atoms with Crippen molar-refractivity contribution in [3.8, 4) is 6.07 Å². The number of benzene rings is 1. The molecule has 2 rings (SSSR count). The number of nitriles is 1. The molecule has 0 aliphatic carbocycles. The predicted molar refractivity (Wildman–Crippen MR) is 68.7 cm³/mol. The molecule has 1 fully saturated rings. The van der Waals surface area contributed by atoms with E-state index in [2.05, 4.69) is 24.8 Å². The summed E-state index contributed by atoms with van der Waals surface area (Å²) >= 11 is 0. The van der Waals surface area contributed by atoms with E-state index in [1.807, 2.05) is 0 Å². The van der Waals surface area contributed by atoms with Crippen LogP contribution in [0.5, 0.6) is 0 Å². The van der Waals surface area contributed by atoms with Crippen molar-refractivity contribution in [3.63, 3.8) is 0 Å². The van der Waals surface area contributed by atoms with E-state index in [4.69, 9.17) is 10.4 Å². The highest BCUT2D eigenvalue weighted by Gasteiger charge is 2.28. The lowest BCUT2D eigenvalue weighted by molar-refractivity contribution is 0.0697. The Morgan fingerprint density at radius 2 is 2.22 bits per heavy atom. The number of anilines is 1. The van der Waals surface area contributed by atoms with Crippen LogP contribution in [0.2, 0.25) is 0 Å². The highest BCUT2D eigenvalue weighted by Crippen LogP contribution is 2.31. The molecule has 1 saturated heterocycles. The summed E-state index contributed by atoms with van der Waals surface area (Å²) in [5.74, 6) is -0.397. The number of hydrogen-bond acceptors (Lipinski definition) is 3. The van der Waals surface area contributed by atoms with E-state index in [-0.39, 0.29) is 5.56 Å². The van der Waals surface area contributed by atoms with E-state index in [0.29, 0.717) is 17.5 Å². The third-order valence-corrected chi connectivity index (χ3v) is 3.46. The third kappa shape index (κ3) is 2.17. The molecule has 0 bridgehead atoms. The van der Waals surface area contributed by atoms with Crippen molar-refractivity contribution >= 4 is 11.7 Å². The summed E-state index contributed by atoms with van der Waals surface area (Å²) in [6, 6.07) is 7.25. The SMILES string of the molecule is CC1CC(C)N(c2ccc(C(=O)O)cc2C#N)C1. The zero-order chi connectivity index (χ0) is 13.3. The first-order chi connectivity index (χ1) is 8.52. The molecular weight excluding hydrogens is 228 g/mol. The minimum absolute atomic E-state index is 0.162. The van der Waals surface area contributed by atoms with Crippen LogP contribution in [0.3, 0.4) is 0 Å². The van der Waals surface area contributed by atoms with E-state index in [0.717, 1.165) is 18.7 Å². The largest absolute Gasteiger partial charge is 0.478 e. The van der Waals surface area contributed by atoms with Gasteiger partial charge in [-0.2, -0.15) is 5.26 Å². The summed E-state index contributed by atoms with van der Waals surface area (Å²) in [5.41, 5.74) is 1.45.